The van der Waals surface area contributed by atoms with E-state index in [2.05, 4.69) is 55.6 Å². The summed E-state index contributed by atoms with van der Waals surface area (Å²) in [4.78, 5) is 2.19. The highest BCUT2D eigenvalue weighted by Gasteiger charge is 2.40. The Morgan fingerprint density at radius 3 is 2.70 bits per heavy atom. The van der Waals surface area contributed by atoms with Crippen LogP contribution in [0.4, 0.5) is 5.69 Å². The summed E-state index contributed by atoms with van der Waals surface area (Å²) in [5.74, 6) is 3.03. The van der Waals surface area contributed by atoms with Crippen molar-refractivity contribution in [3.05, 3.63) is 29.8 Å². The molecule has 0 spiro atoms. The van der Waals surface area contributed by atoms with Gasteiger partial charge in [-0.25, -0.2) is 0 Å². The Bertz CT molecular complexity index is 454. The molecule has 110 valence electrons. The molecule has 2 bridgehead atoms. The number of nitrogens with one attached hydrogen (secondary N) is 1. The van der Waals surface area contributed by atoms with E-state index in [9.17, 15) is 0 Å². The number of fused-ring (bicyclic) bond motifs is 2. The van der Waals surface area contributed by atoms with Gasteiger partial charge in [0, 0.05) is 25.8 Å². The van der Waals surface area contributed by atoms with Gasteiger partial charge in [0.2, 0.25) is 0 Å². The number of hydrogen-bond acceptors (Lipinski definition) is 2. The van der Waals surface area contributed by atoms with Crippen LogP contribution in [0, 0.1) is 17.8 Å². The van der Waals surface area contributed by atoms with Crippen LogP contribution in [-0.2, 0) is 0 Å². The standard InChI is InChI=1S/C18H28N2/c1-19-18(12-16-10-13-7-8-14(16)9-13)15-5-4-6-17(11-15)20(2)3/h4-6,11,13-14,16,18-19H,7-10,12H2,1-3H3. The van der Waals surface area contributed by atoms with Crippen LogP contribution in [0.3, 0.4) is 0 Å². The average Bonchev–Trinajstić information content (AvgIpc) is 3.07. The maximum Gasteiger partial charge on any atom is 0.0364 e. The number of anilines is 1. The van der Waals surface area contributed by atoms with Crippen LogP contribution in [-0.4, -0.2) is 21.1 Å². The number of hydrogen-bond donors (Lipinski definition) is 1. The number of nitrogens with zero attached hydrogens (tertiary/aromatic N) is 1. The summed E-state index contributed by atoms with van der Waals surface area (Å²) in [5.41, 5.74) is 2.75. The van der Waals surface area contributed by atoms with Crippen molar-refractivity contribution in [3.8, 4) is 0 Å². The van der Waals surface area contributed by atoms with Crippen LogP contribution in [0.5, 0.6) is 0 Å². The van der Waals surface area contributed by atoms with Crippen molar-refractivity contribution >= 4 is 5.69 Å². The minimum absolute atomic E-state index is 0.513. The summed E-state index contributed by atoms with van der Waals surface area (Å²) in [6.45, 7) is 0. The lowest BCUT2D eigenvalue weighted by molar-refractivity contribution is 0.284. The Kier molecular flexibility index (Phi) is 4.02. The summed E-state index contributed by atoms with van der Waals surface area (Å²) in [5, 5.41) is 3.55. The Morgan fingerprint density at radius 1 is 1.25 bits per heavy atom. The molecule has 4 unspecified atom stereocenters. The van der Waals surface area contributed by atoms with Gasteiger partial charge in [-0.15, -0.1) is 0 Å². The first-order valence-electron chi connectivity index (χ1n) is 8.12. The van der Waals surface area contributed by atoms with E-state index in [4.69, 9.17) is 0 Å². The highest BCUT2D eigenvalue weighted by atomic mass is 15.1. The molecule has 1 aromatic carbocycles. The average molecular weight is 272 g/mol. The van der Waals surface area contributed by atoms with E-state index < -0.39 is 0 Å². The van der Waals surface area contributed by atoms with E-state index in [1.165, 1.54) is 43.4 Å². The molecule has 0 saturated heterocycles. The van der Waals surface area contributed by atoms with Gasteiger partial charge in [0.05, 0.1) is 0 Å². The van der Waals surface area contributed by atoms with Gasteiger partial charge in [-0.05, 0) is 68.2 Å². The Morgan fingerprint density at radius 2 is 2.10 bits per heavy atom. The SMILES string of the molecule is CNC(CC1CC2CCC1C2)c1cccc(N(C)C)c1. The van der Waals surface area contributed by atoms with Crippen LogP contribution < -0.4 is 10.2 Å². The normalized spacial score (nSPS) is 29.6. The van der Waals surface area contributed by atoms with Gasteiger partial charge in [0.1, 0.15) is 0 Å². The Labute approximate surface area is 123 Å². The second-order valence-electron chi connectivity index (χ2n) is 7.00. The lowest BCUT2D eigenvalue weighted by atomic mass is 9.83. The largest absolute Gasteiger partial charge is 0.378 e. The molecule has 4 atom stereocenters. The number of rotatable bonds is 5. The van der Waals surface area contributed by atoms with Gasteiger partial charge in [0.25, 0.3) is 0 Å². The van der Waals surface area contributed by atoms with Crippen LogP contribution in [0.15, 0.2) is 24.3 Å². The van der Waals surface area contributed by atoms with E-state index in [0.717, 1.165) is 17.8 Å². The second-order valence-corrected chi connectivity index (χ2v) is 7.00. The zero-order chi connectivity index (χ0) is 14.1. The van der Waals surface area contributed by atoms with Crippen molar-refractivity contribution in [2.24, 2.45) is 17.8 Å². The first kappa shape index (κ1) is 13.9. The Hall–Kier alpha value is -1.02. The monoisotopic (exact) mass is 272 g/mol. The van der Waals surface area contributed by atoms with Crippen molar-refractivity contribution in [1.29, 1.82) is 0 Å². The van der Waals surface area contributed by atoms with Gasteiger partial charge in [0.15, 0.2) is 0 Å². The molecule has 0 aromatic heterocycles. The minimum atomic E-state index is 0.513. The predicted molar refractivity (Wildman–Crippen MR) is 86.1 cm³/mol. The van der Waals surface area contributed by atoms with Crippen LogP contribution in [0.2, 0.25) is 0 Å². The van der Waals surface area contributed by atoms with E-state index in [0.29, 0.717) is 6.04 Å². The van der Waals surface area contributed by atoms with Crippen molar-refractivity contribution in [3.63, 3.8) is 0 Å². The van der Waals surface area contributed by atoms with E-state index >= 15 is 0 Å². The molecule has 3 rings (SSSR count). The third-order valence-corrected chi connectivity index (χ3v) is 5.56. The summed E-state index contributed by atoms with van der Waals surface area (Å²) in [7, 11) is 6.34. The third-order valence-electron chi connectivity index (χ3n) is 5.56. The number of benzene rings is 1. The maximum absolute atomic E-state index is 3.55. The van der Waals surface area contributed by atoms with Crippen LogP contribution in [0.1, 0.15) is 43.7 Å². The molecule has 2 heteroatoms. The molecular weight excluding hydrogens is 244 g/mol. The molecule has 0 heterocycles. The fourth-order valence-electron chi connectivity index (χ4n) is 4.41. The fourth-order valence-corrected chi connectivity index (χ4v) is 4.41. The van der Waals surface area contributed by atoms with Crippen molar-refractivity contribution in [2.45, 2.75) is 38.1 Å². The molecule has 2 fully saturated rings. The van der Waals surface area contributed by atoms with Gasteiger partial charge in [-0.1, -0.05) is 18.6 Å². The van der Waals surface area contributed by atoms with Gasteiger partial charge >= 0.3 is 0 Å². The zero-order valence-electron chi connectivity index (χ0n) is 13.1. The molecule has 20 heavy (non-hydrogen) atoms. The maximum atomic E-state index is 3.55. The first-order valence-corrected chi connectivity index (χ1v) is 8.12. The summed E-state index contributed by atoms with van der Waals surface area (Å²) >= 11 is 0. The first-order chi connectivity index (χ1) is 9.67. The summed E-state index contributed by atoms with van der Waals surface area (Å²) in [6.07, 6.45) is 7.30. The second kappa shape index (κ2) is 5.77. The topological polar surface area (TPSA) is 15.3 Å². The highest BCUT2D eigenvalue weighted by molar-refractivity contribution is 5.47. The Balaban J connectivity index is 1.71. The van der Waals surface area contributed by atoms with E-state index in [1.807, 2.05) is 0 Å². The highest BCUT2D eigenvalue weighted by Crippen LogP contribution is 2.50. The van der Waals surface area contributed by atoms with Crippen LogP contribution in [0.25, 0.3) is 0 Å². The lowest BCUT2D eigenvalue weighted by Crippen LogP contribution is -2.23. The molecular formula is C18H28N2. The zero-order valence-corrected chi connectivity index (χ0v) is 13.1. The van der Waals surface area contributed by atoms with Gasteiger partial charge in [-0.3, -0.25) is 0 Å². The van der Waals surface area contributed by atoms with Crippen molar-refractivity contribution in [1.82, 2.24) is 5.32 Å². The summed E-state index contributed by atoms with van der Waals surface area (Å²) < 4.78 is 0. The molecule has 0 aliphatic heterocycles. The van der Waals surface area contributed by atoms with Gasteiger partial charge < -0.3 is 10.2 Å². The molecule has 1 N–H and O–H groups in total. The molecule has 1 aromatic rings. The fraction of sp³-hybridized carbons (Fsp3) is 0.667. The lowest BCUT2D eigenvalue weighted by Gasteiger charge is -2.27. The molecule has 2 aliphatic carbocycles. The molecule has 2 nitrogen and oxygen atoms in total. The third kappa shape index (κ3) is 2.71. The van der Waals surface area contributed by atoms with E-state index in [-0.39, 0.29) is 0 Å². The molecule has 2 aliphatic rings. The van der Waals surface area contributed by atoms with Crippen molar-refractivity contribution < 1.29 is 0 Å². The predicted octanol–water partition coefficient (Wildman–Crippen LogP) is 3.84. The quantitative estimate of drug-likeness (QED) is 0.876. The van der Waals surface area contributed by atoms with Crippen LogP contribution >= 0.6 is 0 Å². The molecule has 2 saturated carbocycles. The smallest absolute Gasteiger partial charge is 0.0364 e. The molecule has 0 radical (unpaired) electrons. The van der Waals surface area contributed by atoms with Gasteiger partial charge in [-0.2, -0.15) is 0 Å². The summed E-state index contributed by atoms with van der Waals surface area (Å²) in [6, 6.07) is 9.51. The minimum Gasteiger partial charge on any atom is -0.378 e. The van der Waals surface area contributed by atoms with E-state index in [1.54, 1.807) is 0 Å². The van der Waals surface area contributed by atoms with Crippen molar-refractivity contribution in [2.75, 3.05) is 26.0 Å². The molecule has 0 amide bonds.